The highest BCUT2D eigenvalue weighted by Crippen LogP contribution is 2.25. The van der Waals surface area contributed by atoms with Crippen LogP contribution < -0.4 is 20.3 Å². The minimum atomic E-state index is -0.536. The quantitative estimate of drug-likeness (QED) is 0.848. The van der Waals surface area contributed by atoms with Gasteiger partial charge in [0.2, 0.25) is 5.91 Å². The second-order valence-corrected chi connectivity index (χ2v) is 6.63. The van der Waals surface area contributed by atoms with Gasteiger partial charge in [0, 0.05) is 12.2 Å². The lowest BCUT2D eigenvalue weighted by molar-refractivity contribution is -0.118. The Labute approximate surface area is 159 Å². The van der Waals surface area contributed by atoms with E-state index in [1.165, 1.54) is 5.56 Å². The second kappa shape index (κ2) is 8.12. The predicted molar refractivity (Wildman–Crippen MR) is 106 cm³/mol. The van der Waals surface area contributed by atoms with Crippen molar-refractivity contribution in [2.45, 2.75) is 33.2 Å². The second-order valence-electron chi connectivity index (χ2n) is 6.63. The standard InChI is InChI=1S/C21H25N3O3/c1-4-27-19-8-6-5-7-17(19)22-21(26)23-18-11-12-24(20(18)25)16-10-9-14(2)15(3)13-16/h5-10,13,18H,4,11-12H2,1-3H3,(H2,22,23,26)/t18-/m1/s1. The van der Waals surface area contributed by atoms with E-state index in [2.05, 4.69) is 10.6 Å². The van der Waals surface area contributed by atoms with Crippen molar-refractivity contribution < 1.29 is 14.3 Å². The third-order valence-electron chi connectivity index (χ3n) is 4.75. The van der Waals surface area contributed by atoms with Gasteiger partial charge in [0.05, 0.1) is 12.3 Å². The van der Waals surface area contributed by atoms with Crippen LogP contribution in [-0.2, 0) is 4.79 Å². The lowest BCUT2D eigenvalue weighted by Gasteiger charge is -2.19. The Kier molecular flexibility index (Phi) is 5.64. The van der Waals surface area contributed by atoms with Crippen molar-refractivity contribution in [3.8, 4) is 5.75 Å². The van der Waals surface area contributed by atoms with Gasteiger partial charge in [-0.2, -0.15) is 0 Å². The van der Waals surface area contributed by atoms with Crippen molar-refractivity contribution in [1.82, 2.24) is 5.32 Å². The van der Waals surface area contributed by atoms with Crippen LogP contribution in [-0.4, -0.2) is 31.1 Å². The summed E-state index contributed by atoms with van der Waals surface area (Å²) >= 11 is 0. The number of aryl methyl sites for hydroxylation is 2. The molecule has 1 aliphatic rings. The number of carbonyl (C=O) groups is 2. The number of hydrogen-bond acceptors (Lipinski definition) is 3. The van der Waals surface area contributed by atoms with Gasteiger partial charge in [-0.15, -0.1) is 0 Å². The minimum Gasteiger partial charge on any atom is -0.492 e. The molecule has 0 spiro atoms. The molecule has 0 aliphatic carbocycles. The zero-order valence-electron chi connectivity index (χ0n) is 15.9. The molecular formula is C21H25N3O3. The SMILES string of the molecule is CCOc1ccccc1NC(=O)N[C@@H]1CCN(c2ccc(C)c(C)c2)C1=O. The average molecular weight is 367 g/mol. The maximum absolute atomic E-state index is 12.7. The smallest absolute Gasteiger partial charge is 0.319 e. The topological polar surface area (TPSA) is 70.7 Å². The Balaban J connectivity index is 1.64. The summed E-state index contributed by atoms with van der Waals surface area (Å²) in [5.74, 6) is 0.510. The van der Waals surface area contributed by atoms with Gasteiger partial charge in [0.25, 0.3) is 0 Å². The highest BCUT2D eigenvalue weighted by Gasteiger charge is 2.33. The maximum atomic E-state index is 12.7. The van der Waals surface area contributed by atoms with Crippen LogP contribution in [0.3, 0.4) is 0 Å². The molecule has 6 heteroatoms. The number of ether oxygens (including phenoxy) is 1. The number of nitrogens with zero attached hydrogens (tertiary/aromatic N) is 1. The lowest BCUT2D eigenvalue weighted by Crippen LogP contribution is -2.43. The number of amides is 3. The number of anilines is 2. The Morgan fingerprint density at radius 2 is 1.96 bits per heavy atom. The summed E-state index contributed by atoms with van der Waals surface area (Å²) in [7, 11) is 0. The first kappa shape index (κ1) is 18.8. The van der Waals surface area contributed by atoms with Crippen LogP contribution in [0, 0.1) is 13.8 Å². The summed E-state index contributed by atoms with van der Waals surface area (Å²) in [6, 6.07) is 12.2. The van der Waals surface area contributed by atoms with E-state index in [4.69, 9.17) is 4.74 Å². The molecule has 27 heavy (non-hydrogen) atoms. The molecule has 6 nitrogen and oxygen atoms in total. The normalized spacial score (nSPS) is 16.3. The first-order valence-corrected chi connectivity index (χ1v) is 9.17. The van der Waals surface area contributed by atoms with Gasteiger partial charge in [-0.1, -0.05) is 18.2 Å². The molecule has 2 N–H and O–H groups in total. The molecule has 142 valence electrons. The third-order valence-corrected chi connectivity index (χ3v) is 4.75. The Hall–Kier alpha value is -3.02. The van der Waals surface area contributed by atoms with Crippen LogP contribution in [0.25, 0.3) is 0 Å². The van der Waals surface area contributed by atoms with Gasteiger partial charge in [0.15, 0.2) is 0 Å². The monoisotopic (exact) mass is 367 g/mol. The summed E-state index contributed by atoms with van der Waals surface area (Å²) in [5, 5.41) is 5.54. The van der Waals surface area contributed by atoms with Crippen LogP contribution in [0.1, 0.15) is 24.5 Å². The van der Waals surface area contributed by atoms with Crippen LogP contribution in [0.5, 0.6) is 5.75 Å². The number of para-hydroxylation sites is 2. The van der Waals surface area contributed by atoms with E-state index < -0.39 is 12.1 Å². The van der Waals surface area contributed by atoms with Gasteiger partial charge in [0.1, 0.15) is 11.8 Å². The molecule has 3 amide bonds. The number of hydrogen-bond donors (Lipinski definition) is 2. The largest absolute Gasteiger partial charge is 0.492 e. The molecule has 0 aromatic heterocycles. The van der Waals surface area contributed by atoms with Crippen molar-refractivity contribution in [2.75, 3.05) is 23.4 Å². The van der Waals surface area contributed by atoms with Crippen LogP contribution in [0.15, 0.2) is 42.5 Å². The number of carbonyl (C=O) groups excluding carboxylic acids is 2. The molecule has 0 unspecified atom stereocenters. The summed E-state index contributed by atoms with van der Waals surface area (Å²) in [6.45, 7) is 7.04. The van der Waals surface area contributed by atoms with Gasteiger partial charge >= 0.3 is 6.03 Å². The van der Waals surface area contributed by atoms with Gasteiger partial charge in [-0.3, -0.25) is 4.79 Å². The van der Waals surface area contributed by atoms with Crippen LogP contribution in [0.2, 0.25) is 0 Å². The Morgan fingerprint density at radius 3 is 2.70 bits per heavy atom. The molecule has 0 saturated carbocycles. The molecule has 1 atom stereocenters. The van der Waals surface area contributed by atoms with Gasteiger partial charge < -0.3 is 20.3 Å². The predicted octanol–water partition coefficient (Wildman–Crippen LogP) is 3.63. The zero-order chi connectivity index (χ0) is 19.4. The summed E-state index contributed by atoms with van der Waals surface area (Å²) in [4.78, 5) is 26.8. The minimum absolute atomic E-state index is 0.0912. The van der Waals surface area contributed by atoms with Crippen molar-refractivity contribution in [2.24, 2.45) is 0 Å². The van der Waals surface area contributed by atoms with Crippen molar-refractivity contribution in [3.05, 3.63) is 53.6 Å². The van der Waals surface area contributed by atoms with E-state index in [1.807, 2.05) is 51.1 Å². The molecule has 1 aliphatic heterocycles. The maximum Gasteiger partial charge on any atom is 0.319 e. The molecule has 1 fully saturated rings. The van der Waals surface area contributed by atoms with Gasteiger partial charge in [-0.25, -0.2) is 4.79 Å². The molecule has 2 aromatic rings. The van der Waals surface area contributed by atoms with Crippen molar-refractivity contribution in [1.29, 1.82) is 0 Å². The van der Waals surface area contributed by atoms with E-state index in [1.54, 1.807) is 17.0 Å². The molecule has 3 rings (SSSR count). The molecule has 0 bridgehead atoms. The number of urea groups is 1. The Morgan fingerprint density at radius 1 is 1.19 bits per heavy atom. The molecule has 2 aromatic carbocycles. The summed E-state index contributed by atoms with van der Waals surface area (Å²) in [6.07, 6.45) is 0.576. The number of rotatable bonds is 5. The highest BCUT2D eigenvalue weighted by molar-refractivity contribution is 6.02. The Bertz CT molecular complexity index is 850. The fourth-order valence-electron chi connectivity index (χ4n) is 3.13. The van der Waals surface area contributed by atoms with Crippen molar-refractivity contribution in [3.63, 3.8) is 0 Å². The summed E-state index contributed by atoms with van der Waals surface area (Å²) < 4.78 is 5.51. The van der Waals surface area contributed by atoms with Crippen molar-refractivity contribution >= 4 is 23.3 Å². The number of benzene rings is 2. The van der Waals surface area contributed by atoms with E-state index >= 15 is 0 Å². The molecular weight excluding hydrogens is 342 g/mol. The van der Waals surface area contributed by atoms with Gasteiger partial charge in [-0.05, 0) is 62.6 Å². The molecule has 1 saturated heterocycles. The van der Waals surface area contributed by atoms with E-state index in [0.29, 0.717) is 31.0 Å². The fraction of sp³-hybridized carbons (Fsp3) is 0.333. The number of nitrogens with one attached hydrogen (secondary N) is 2. The summed E-state index contributed by atoms with van der Waals surface area (Å²) in [5.41, 5.74) is 3.78. The van der Waals surface area contributed by atoms with E-state index in [9.17, 15) is 9.59 Å². The molecule has 1 heterocycles. The average Bonchev–Trinajstić information content (AvgIpc) is 3.00. The van der Waals surface area contributed by atoms with E-state index in [-0.39, 0.29) is 5.91 Å². The van der Waals surface area contributed by atoms with E-state index in [0.717, 1.165) is 11.3 Å². The third kappa shape index (κ3) is 4.22. The van der Waals surface area contributed by atoms with Crippen LogP contribution >= 0.6 is 0 Å². The highest BCUT2D eigenvalue weighted by atomic mass is 16.5. The first-order valence-electron chi connectivity index (χ1n) is 9.17. The lowest BCUT2D eigenvalue weighted by atomic mass is 10.1. The van der Waals surface area contributed by atoms with Crippen LogP contribution in [0.4, 0.5) is 16.2 Å². The fourth-order valence-corrected chi connectivity index (χ4v) is 3.13. The first-order chi connectivity index (χ1) is 13.0. The zero-order valence-corrected chi connectivity index (χ0v) is 15.9. The molecule has 0 radical (unpaired) electrons.